The van der Waals surface area contributed by atoms with Crippen LogP contribution in [0.4, 0.5) is 24.5 Å². The van der Waals surface area contributed by atoms with Crippen LogP contribution in [0.5, 0.6) is 0 Å². The van der Waals surface area contributed by atoms with Crippen LogP contribution >= 0.6 is 0 Å². The number of benzene rings is 1. The van der Waals surface area contributed by atoms with E-state index in [-0.39, 0.29) is 23.2 Å². The molecule has 0 N–H and O–H groups in total. The fourth-order valence-corrected chi connectivity index (χ4v) is 5.28. The lowest BCUT2D eigenvalue weighted by atomic mass is 10.1. The predicted octanol–water partition coefficient (Wildman–Crippen LogP) is 1.92. The Bertz CT molecular complexity index is 805. The zero-order valence-electron chi connectivity index (χ0n) is 13.8. The van der Waals surface area contributed by atoms with E-state index in [0.29, 0.717) is 32.6 Å². The first-order chi connectivity index (χ1) is 12.1. The van der Waals surface area contributed by atoms with Crippen molar-refractivity contribution in [3.63, 3.8) is 0 Å². The molecule has 0 radical (unpaired) electrons. The fourth-order valence-electron chi connectivity index (χ4n) is 3.52. The minimum absolute atomic E-state index is 0.0373. The standard InChI is InChI=1S/C15H18F3N3O4S/c16-15(17,18)13-9-11(1-2-14(13)21(22)23)19-4-6-20(7-5-19)12-3-8-26(24,25)10-12/h1-2,9,12H,3-8,10H2. The SMILES string of the molecule is O=[N+]([O-])c1ccc(N2CCN(C3CCS(=O)(=O)C3)CC2)cc1C(F)(F)F. The first-order valence-electron chi connectivity index (χ1n) is 8.12. The molecule has 2 fully saturated rings. The molecule has 3 rings (SSSR count). The Morgan fingerprint density at radius 3 is 2.31 bits per heavy atom. The Balaban J connectivity index is 1.72. The molecule has 1 aromatic carbocycles. The molecule has 1 unspecified atom stereocenters. The average molecular weight is 393 g/mol. The van der Waals surface area contributed by atoms with Gasteiger partial charge in [0.25, 0.3) is 5.69 Å². The minimum atomic E-state index is -4.81. The van der Waals surface area contributed by atoms with Crippen molar-refractivity contribution in [1.29, 1.82) is 0 Å². The van der Waals surface area contributed by atoms with E-state index in [1.807, 2.05) is 0 Å². The van der Waals surface area contributed by atoms with Gasteiger partial charge in [-0.15, -0.1) is 0 Å². The van der Waals surface area contributed by atoms with E-state index < -0.39 is 32.2 Å². The molecule has 2 aliphatic rings. The van der Waals surface area contributed by atoms with E-state index in [0.717, 1.165) is 12.1 Å². The van der Waals surface area contributed by atoms with Crippen molar-refractivity contribution >= 4 is 21.2 Å². The van der Waals surface area contributed by atoms with Crippen molar-refractivity contribution < 1.29 is 26.5 Å². The molecule has 0 amide bonds. The number of rotatable bonds is 3. The van der Waals surface area contributed by atoms with Gasteiger partial charge in [-0.1, -0.05) is 0 Å². The van der Waals surface area contributed by atoms with Crippen LogP contribution in [0.2, 0.25) is 0 Å². The van der Waals surface area contributed by atoms with Gasteiger partial charge in [0.05, 0.1) is 16.4 Å². The number of sulfone groups is 1. The number of nitro groups is 1. The van der Waals surface area contributed by atoms with Crippen LogP contribution < -0.4 is 4.90 Å². The zero-order valence-corrected chi connectivity index (χ0v) is 14.6. The molecule has 0 bridgehead atoms. The molecule has 2 aliphatic heterocycles. The lowest BCUT2D eigenvalue weighted by Crippen LogP contribution is -2.50. The Labute approximate surface area is 148 Å². The summed E-state index contributed by atoms with van der Waals surface area (Å²) >= 11 is 0. The molecular weight excluding hydrogens is 375 g/mol. The van der Waals surface area contributed by atoms with Crippen molar-refractivity contribution in [3.8, 4) is 0 Å². The highest BCUT2D eigenvalue weighted by atomic mass is 32.2. The highest BCUT2D eigenvalue weighted by Gasteiger charge is 2.39. The van der Waals surface area contributed by atoms with E-state index in [9.17, 15) is 31.7 Å². The van der Waals surface area contributed by atoms with E-state index in [4.69, 9.17) is 0 Å². The Morgan fingerprint density at radius 1 is 1.15 bits per heavy atom. The van der Waals surface area contributed by atoms with Gasteiger partial charge in [0.15, 0.2) is 9.84 Å². The van der Waals surface area contributed by atoms with Crippen LogP contribution in [0, 0.1) is 10.1 Å². The molecule has 0 aromatic heterocycles. The molecular formula is C15H18F3N3O4S. The van der Waals surface area contributed by atoms with Gasteiger partial charge in [0, 0.05) is 44.0 Å². The van der Waals surface area contributed by atoms with Gasteiger partial charge < -0.3 is 4.90 Å². The molecule has 2 saturated heterocycles. The number of nitrogens with zero attached hydrogens (tertiary/aromatic N) is 3. The molecule has 0 saturated carbocycles. The van der Waals surface area contributed by atoms with E-state index in [1.54, 1.807) is 4.90 Å². The normalized spacial score (nSPS) is 24.0. The van der Waals surface area contributed by atoms with Gasteiger partial charge >= 0.3 is 6.18 Å². The van der Waals surface area contributed by atoms with E-state index in [1.165, 1.54) is 6.07 Å². The van der Waals surface area contributed by atoms with Crippen LogP contribution in [0.3, 0.4) is 0 Å². The number of anilines is 1. The number of hydrogen-bond donors (Lipinski definition) is 0. The van der Waals surface area contributed by atoms with Crippen LogP contribution in [0.25, 0.3) is 0 Å². The highest BCUT2D eigenvalue weighted by Crippen LogP contribution is 2.38. The van der Waals surface area contributed by atoms with Gasteiger partial charge in [-0.2, -0.15) is 13.2 Å². The summed E-state index contributed by atoms with van der Waals surface area (Å²) in [6.07, 6.45) is -4.23. The second kappa shape index (κ2) is 6.69. The molecule has 0 spiro atoms. The first-order valence-corrected chi connectivity index (χ1v) is 9.94. The number of hydrogen-bond acceptors (Lipinski definition) is 6. The lowest BCUT2D eigenvalue weighted by Gasteiger charge is -2.38. The maximum atomic E-state index is 13.1. The number of alkyl halides is 3. The Hall–Kier alpha value is -1.88. The molecule has 7 nitrogen and oxygen atoms in total. The van der Waals surface area contributed by atoms with Gasteiger partial charge in [0.1, 0.15) is 5.56 Å². The van der Waals surface area contributed by atoms with Crippen molar-refractivity contribution in [1.82, 2.24) is 4.90 Å². The first kappa shape index (κ1) is 18.9. The third kappa shape index (κ3) is 3.93. The van der Waals surface area contributed by atoms with Crippen molar-refractivity contribution in [2.75, 3.05) is 42.6 Å². The summed E-state index contributed by atoms with van der Waals surface area (Å²) in [4.78, 5) is 13.6. The third-order valence-corrected chi connectivity index (χ3v) is 6.64. The smallest absolute Gasteiger partial charge is 0.369 e. The molecule has 1 aromatic rings. The second-order valence-corrected chi connectivity index (χ2v) is 8.76. The Morgan fingerprint density at radius 2 is 1.81 bits per heavy atom. The van der Waals surface area contributed by atoms with Gasteiger partial charge in [-0.3, -0.25) is 15.0 Å². The van der Waals surface area contributed by atoms with Gasteiger partial charge in [-0.05, 0) is 18.6 Å². The lowest BCUT2D eigenvalue weighted by molar-refractivity contribution is -0.388. The molecule has 144 valence electrons. The number of piperazine rings is 1. The summed E-state index contributed by atoms with van der Waals surface area (Å²) < 4.78 is 62.5. The molecule has 2 heterocycles. The van der Waals surface area contributed by atoms with Crippen LogP contribution in [0.15, 0.2) is 18.2 Å². The average Bonchev–Trinajstić information content (AvgIpc) is 2.93. The maximum Gasteiger partial charge on any atom is 0.423 e. The summed E-state index contributed by atoms with van der Waals surface area (Å²) in [7, 11) is -2.99. The summed E-state index contributed by atoms with van der Waals surface area (Å²) in [6, 6.07) is 2.98. The monoisotopic (exact) mass is 393 g/mol. The summed E-state index contributed by atoms with van der Waals surface area (Å²) in [5, 5.41) is 10.8. The topological polar surface area (TPSA) is 83.8 Å². The molecule has 0 aliphatic carbocycles. The Kier molecular flexibility index (Phi) is 4.86. The van der Waals surface area contributed by atoms with Gasteiger partial charge in [0.2, 0.25) is 0 Å². The van der Waals surface area contributed by atoms with Crippen molar-refractivity contribution in [2.45, 2.75) is 18.6 Å². The summed E-state index contributed by atoms with van der Waals surface area (Å²) in [6.45, 7) is 1.95. The number of nitro benzene ring substituents is 1. The van der Waals surface area contributed by atoms with Crippen LogP contribution in [-0.4, -0.2) is 62.0 Å². The highest BCUT2D eigenvalue weighted by molar-refractivity contribution is 7.91. The van der Waals surface area contributed by atoms with E-state index >= 15 is 0 Å². The largest absolute Gasteiger partial charge is 0.423 e. The van der Waals surface area contributed by atoms with Crippen LogP contribution in [-0.2, 0) is 16.0 Å². The van der Waals surface area contributed by atoms with Crippen molar-refractivity contribution in [3.05, 3.63) is 33.9 Å². The third-order valence-electron chi connectivity index (χ3n) is 4.89. The molecule has 11 heteroatoms. The number of halogens is 3. The van der Waals surface area contributed by atoms with Crippen molar-refractivity contribution in [2.24, 2.45) is 0 Å². The molecule has 26 heavy (non-hydrogen) atoms. The molecule has 1 atom stereocenters. The summed E-state index contributed by atoms with van der Waals surface area (Å²) in [5.41, 5.74) is -1.94. The summed E-state index contributed by atoms with van der Waals surface area (Å²) in [5.74, 6) is 0.304. The van der Waals surface area contributed by atoms with Crippen LogP contribution in [0.1, 0.15) is 12.0 Å². The van der Waals surface area contributed by atoms with Gasteiger partial charge in [-0.25, -0.2) is 8.42 Å². The zero-order chi connectivity index (χ0) is 19.1. The second-order valence-electron chi connectivity index (χ2n) is 6.54. The maximum absolute atomic E-state index is 13.1. The minimum Gasteiger partial charge on any atom is -0.369 e. The van der Waals surface area contributed by atoms with E-state index in [2.05, 4.69) is 4.90 Å². The fraction of sp³-hybridized carbons (Fsp3) is 0.600. The quantitative estimate of drug-likeness (QED) is 0.576. The predicted molar refractivity (Wildman–Crippen MR) is 88.9 cm³/mol.